The molecule has 1 aromatic heterocycles. The average Bonchev–Trinajstić information content (AvgIpc) is 2.87. The molecule has 0 spiro atoms. The largest absolute Gasteiger partial charge is 0.300 e. The Kier molecular flexibility index (Phi) is 3.20. The van der Waals surface area contributed by atoms with E-state index in [1.807, 2.05) is 24.1 Å². The van der Waals surface area contributed by atoms with Crippen LogP contribution >= 0.6 is 0 Å². The molecule has 0 unspecified atom stereocenters. The lowest BCUT2D eigenvalue weighted by Gasteiger charge is -2.21. The molecule has 1 saturated carbocycles. The first kappa shape index (κ1) is 12.2. The van der Waals surface area contributed by atoms with Crippen LogP contribution in [0.5, 0.6) is 0 Å². The van der Waals surface area contributed by atoms with Crippen molar-refractivity contribution in [2.75, 3.05) is 0 Å². The van der Waals surface area contributed by atoms with Gasteiger partial charge in [0.15, 0.2) is 0 Å². The van der Waals surface area contributed by atoms with Crippen molar-refractivity contribution in [2.24, 2.45) is 7.05 Å². The minimum Gasteiger partial charge on any atom is -0.300 e. The maximum Gasteiger partial charge on any atom is 0.132 e. The molecule has 0 radical (unpaired) electrons. The molecule has 0 amide bonds. The van der Waals surface area contributed by atoms with Gasteiger partial charge in [0.05, 0.1) is 6.20 Å². The summed E-state index contributed by atoms with van der Waals surface area (Å²) in [5, 5.41) is 4.19. The van der Waals surface area contributed by atoms with E-state index in [0.717, 1.165) is 31.2 Å². The van der Waals surface area contributed by atoms with Gasteiger partial charge in [-0.05, 0) is 29.9 Å². The van der Waals surface area contributed by atoms with Crippen LogP contribution in [-0.4, -0.2) is 15.6 Å². The maximum atomic E-state index is 11.3. The molecule has 1 aliphatic rings. The number of Topliss-reactive ketones (excluding diaryl/α,β-unsaturated/α-hetero) is 1. The van der Waals surface area contributed by atoms with Gasteiger partial charge in [0.2, 0.25) is 0 Å². The van der Waals surface area contributed by atoms with Crippen molar-refractivity contribution in [1.82, 2.24) is 9.78 Å². The summed E-state index contributed by atoms with van der Waals surface area (Å²) in [4.78, 5) is 11.3. The van der Waals surface area contributed by atoms with E-state index in [1.54, 1.807) is 0 Å². The van der Waals surface area contributed by atoms with Gasteiger partial charge < -0.3 is 0 Å². The van der Waals surface area contributed by atoms with Crippen LogP contribution in [0.25, 0.3) is 11.1 Å². The summed E-state index contributed by atoms with van der Waals surface area (Å²) in [6, 6.07) is 8.71. The number of benzene rings is 1. The number of hydrogen-bond acceptors (Lipinski definition) is 2. The van der Waals surface area contributed by atoms with Crippen molar-refractivity contribution >= 4 is 5.78 Å². The molecule has 3 nitrogen and oxygen atoms in total. The van der Waals surface area contributed by atoms with E-state index in [0.29, 0.717) is 11.7 Å². The van der Waals surface area contributed by atoms with Gasteiger partial charge in [-0.25, -0.2) is 0 Å². The molecule has 0 atom stereocenters. The second-order valence-electron chi connectivity index (χ2n) is 5.34. The van der Waals surface area contributed by atoms with Gasteiger partial charge in [0.25, 0.3) is 0 Å². The Morgan fingerprint density at radius 1 is 1.11 bits per heavy atom. The van der Waals surface area contributed by atoms with Crippen molar-refractivity contribution in [2.45, 2.75) is 31.6 Å². The quantitative estimate of drug-likeness (QED) is 0.824. The summed E-state index contributed by atoms with van der Waals surface area (Å²) in [6.07, 6.45) is 7.41. The highest BCUT2D eigenvalue weighted by Gasteiger charge is 2.19. The Bertz CT molecular complexity index is 573. The third-order valence-corrected chi connectivity index (χ3v) is 3.96. The lowest BCUT2D eigenvalue weighted by atomic mass is 9.83. The van der Waals surface area contributed by atoms with E-state index < -0.39 is 0 Å². The fourth-order valence-corrected chi connectivity index (χ4v) is 2.79. The van der Waals surface area contributed by atoms with Crippen molar-refractivity contribution in [3.63, 3.8) is 0 Å². The van der Waals surface area contributed by atoms with Crippen molar-refractivity contribution in [3.8, 4) is 11.1 Å². The zero-order chi connectivity index (χ0) is 13.2. The average molecular weight is 254 g/mol. The molecule has 0 aliphatic heterocycles. The zero-order valence-corrected chi connectivity index (χ0v) is 11.2. The second kappa shape index (κ2) is 5.00. The number of ketones is 1. The predicted octanol–water partition coefficient (Wildman–Crippen LogP) is 3.31. The molecule has 0 saturated heterocycles. The second-order valence-corrected chi connectivity index (χ2v) is 5.34. The molecule has 0 bridgehead atoms. The molecule has 3 heteroatoms. The standard InChI is InChI=1S/C16H18N2O/c1-18-11-15(10-17-18)14-4-2-12(3-5-14)13-6-8-16(19)9-7-13/h2-5,10-11,13H,6-9H2,1H3. The fraction of sp³-hybridized carbons (Fsp3) is 0.375. The Hall–Kier alpha value is -1.90. The van der Waals surface area contributed by atoms with Gasteiger partial charge in [-0.3, -0.25) is 9.48 Å². The lowest BCUT2D eigenvalue weighted by Crippen LogP contribution is -2.12. The van der Waals surface area contributed by atoms with Crippen LogP contribution in [0.15, 0.2) is 36.7 Å². The number of carbonyl (C=O) groups is 1. The maximum absolute atomic E-state index is 11.3. The number of carbonyl (C=O) groups excluding carboxylic acids is 1. The van der Waals surface area contributed by atoms with Gasteiger partial charge in [0.1, 0.15) is 5.78 Å². The third-order valence-electron chi connectivity index (χ3n) is 3.96. The number of rotatable bonds is 2. The molecule has 19 heavy (non-hydrogen) atoms. The first-order valence-corrected chi connectivity index (χ1v) is 6.83. The van der Waals surface area contributed by atoms with Crippen LogP contribution in [-0.2, 0) is 11.8 Å². The molecule has 2 aromatic rings. The molecular formula is C16H18N2O. The van der Waals surface area contributed by atoms with E-state index >= 15 is 0 Å². The Morgan fingerprint density at radius 3 is 2.37 bits per heavy atom. The van der Waals surface area contributed by atoms with Crippen LogP contribution in [0.4, 0.5) is 0 Å². The van der Waals surface area contributed by atoms with E-state index in [9.17, 15) is 4.79 Å². The highest BCUT2D eigenvalue weighted by Crippen LogP contribution is 2.32. The van der Waals surface area contributed by atoms with Crippen LogP contribution < -0.4 is 0 Å². The van der Waals surface area contributed by atoms with Crippen LogP contribution in [0, 0.1) is 0 Å². The van der Waals surface area contributed by atoms with E-state index in [-0.39, 0.29) is 0 Å². The molecule has 1 aliphatic carbocycles. The van der Waals surface area contributed by atoms with Gasteiger partial charge in [0, 0.05) is 31.6 Å². The topological polar surface area (TPSA) is 34.9 Å². The van der Waals surface area contributed by atoms with Crippen LogP contribution in [0.3, 0.4) is 0 Å². The summed E-state index contributed by atoms with van der Waals surface area (Å²) >= 11 is 0. The monoisotopic (exact) mass is 254 g/mol. The Labute approximate surface area is 113 Å². The molecular weight excluding hydrogens is 236 g/mol. The smallest absolute Gasteiger partial charge is 0.132 e. The SMILES string of the molecule is Cn1cc(-c2ccc(C3CCC(=O)CC3)cc2)cn1. The normalized spacial score (nSPS) is 16.8. The van der Waals surface area contributed by atoms with Crippen LogP contribution in [0.1, 0.15) is 37.2 Å². The highest BCUT2D eigenvalue weighted by molar-refractivity contribution is 5.79. The molecule has 98 valence electrons. The van der Waals surface area contributed by atoms with Gasteiger partial charge >= 0.3 is 0 Å². The molecule has 1 heterocycles. The molecule has 1 fully saturated rings. The molecule has 0 N–H and O–H groups in total. The number of aromatic nitrogens is 2. The van der Waals surface area contributed by atoms with Gasteiger partial charge in [-0.2, -0.15) is 5.10 Å². The summed E-state index contributed by atoms with van der Waals surface area (Å²) in [7, 11) is 1.93. The first-order chi connectivity index (χ1) is 9.22. The number of aryl methyl sites for hydroxylation is 1. The summed E-state index contributed by atoms with van der Waals surface area (Å²) in [6.45, 7) is 0. The summed E-state index contributed by atoms with van der Waals surface area (Å²) in [5.41, 5.74) is 3.71. The van der Waals surface area contributed by atoms with Gasteiger partial charge in [-0.1, -0.05) is 24.3 Å². The minimum absolute atomic E-state index is 0.420. The third kappa shape index (κ3) is 2.60. The van der Waals surface area contributed by atoms with E-state index in [2.05, 4.69) is 29.4 Å². The lowest BCUT2D eigenvalue weighted by molar-refractivity contribution is -0.120. The summed E-state index contributed by atoms with van der Waals surface area (Å²) in [5.74, 6) is 0.976. The Morgan fingerprint density at radius 2 is 1.79 bits per heavy atom. The van der Waals surface area contributed by atoms with E-state index in [4.69, 9.17) is 0 Å². The van der Waals surface area contributed by atoms with Crippen molar-refractivity contribution < 1.29 is 4.79 Å². The molecule has 1 aromatic carbocycles. The number of hydrogen-bond donors (Lipinski definition) is 0. The molecule has 3 rings (SSSR count). The van der Waals surface area contributed by atoms with Crippen molar-refractivity contribution in [3.05, 3.63) is 42.2 Å². The predicted molar refractivity (Wildman–Crippen MR) is 74.9 cm³/mol. The zero-order valence-electron chi connectivity index (χ0n) is 11.2. The highest BCUT2D eigenvalue weighted by atomic mass is 16.1. The van der Waals surface area contributed by atoms with Crippen LogP contribution in [0.2, 0.25) is 0 Å². The fourth-order valence-electron chi connectivity index (χ4n) is 2.79. The Balaban J connectivity index is 1.77. The van der Waals surface area contributed by atoms with Crippen molar-refractivity contribution in [1.29, 1.82) is 0 Å². The first-order valence-electron chi connectivity index (χ1n) is 6.83. The van der Waals surface area contributed by atoms with Gasteiger partial charge in [-0.15, -0.1) is 0 Å². The number of nitrogens with zero attached hydrogens (tertiary/aromatic N) is 2. The van der Waals surface area contributed by atoms with E-state index in [1.165, 1.54) is 11.1 Å². The minimum atomic E-state index is 0.420. The summed E-state index contributed by atoms with van der Waals surface area (Å²) < 4.78 is 1.82.